The molecular weight excluding hydrogens is 284 g/mol. The number of carbonyl (C=O) groups excluding carboxylic acids is 1. The van der Waals surface area contributed by atoms with E-state index in [1.807, 2.05) is 0 Å². The number of aromatic amines is 1. The molecule has 0 aliphatic rings. The molecular formula is C12H18N2O7. The molecule has 0 saturated heterocycles. The lowest BCUT2D eigenvalue weighted by Gasteiger charge is -2.25. The predicted octanol–water partition coefficient (Wildman–Crippen LogP) is -1.55. The first-order valence-corrected chi connectivity index (χ1v) is 6.16. The maximum atomic E-state index is 11.5. The van der Waals surface area contributed by atoms with E-state index in [0.29, 0.717) is 0 Å². The van der Waals surface area contributed by atoms with Gasteiger partial charge in [0.25, 0.3) is 5.56 Å². The predicted molar refractivity (Wildman–Crippen MR) is 70.7 cm³/mol. The molecule has 0 saturated carbocycles. The van der Waals surface area contributed by atoms with Crippen molar-refractivity contribution in [2.75, 3.05) is 20.3 Å². The molecule has 2 N–H and O–H groups in total. The minimum absolute atomic E-state index is 0.0331. The van der Waals surface area contributed by atoms with Crippen molar-refractivity contribution in [1.29, 1.82) is 0 Å². The van der Waals surface area contributed by atoms with Crippen molar-refractivity contribution in [3.05, 3.63) is 33.1 Å². The standard InChI is InChI=1S/C12H18N2O7/c1-8(16)21-10(6-19-2)9(5-15)20-7-14-4-3-11(17)13-12(14)18/h3-4,9-10,15H,5-7H2,1-2H3,(H,13,17,18)/t9-,10-/m1/s1. The Balaban J connectivity index is 2.73. The summed E-state index contributed by atoms with van der Waals surface area (Å²) in [7, 11) is 1.41. The van der Waals surface area contributed by atoms with Gasteiger partial charge in [-0.25, -0.2) is 4.79 Å². The zero-order valence-electron chi connectivity index (χ0n) is 11.8. The van der Waals surface area contributed by atoms with Crippen molar-refractivity contribution >= 4 is 5.97 Å². The third kappa shape index (κ3) is 5.50. The second-order valence-corrected chi connectivity index (χ2v) is 4.20. The summed E-state index contributed by atoms with van der Waals surface area (Å²) in [6, 6.07) is 1.16. The van der Waals surface area contributed by atoms with Crippen LogP contribution in [-0.4, -0.2) is 53.2 Å². The van der Waals surface area contributed by atoms with Gasteiger partial charge in [-0.15, -0.1) is 0 Å². The van der Waals surface area contributed by atoms with Crippen LogP contribution in [0.2, 0.25) is 0 Å². The number of aliphatic hydroxyl groups excluding tert-OH is 1. The maximum absolute atomic E-state index is 11.5. The largest absolute Gasteiger partial charge is 0.457 e. The highest BCUT2D eigenvalue weighted by atomic mass is 16.6. The van der Waals surface area contributed by atoms with E-state index < -0.39 is 36.0 Å². The van der Waals surface area contributed by atoms with Gasteiger partial charge >= 0.3 is 11.7 Å². The molecule has 118 valence electrons. The highest BCUT2D eigenvalue weighted by Gasteiger charge is 2.24. The summed E-state index contributed by atoms with van der Waals surface area (Å²) in [5.74, 6) is -0.541. The van der Waals surface area contributed by atoms with Crippen LogP contribution in [0.15, 0.2) is 21.9 Å². The quantitative estimate of drug-likeness (QED) is 0.558. The number of H-pyrrole nitrogens is 1. The number of hydrogen-bond donors (Lipinski definition) is 2. The molecule has 0 radical (unpaired) electrons. The van der Waals surface area contributed by atoms with E-state index >= 15 is 0 Å². The number of methoxy groups -OCH3 is 1. The molecule has 1 aromatic heterocycles. The minimum atomic E-state index is -0.868. The molecule has 0 bridgehead atoms. The number of aromatic nitrogens is 2. The van der Waals surface area contributed by atoms with Crippen LogP contribution in [0.1, 0.15) is 6.92 Å². The number of carbonyl (C=O) groups is 1. The molecule has 0 aromatic carbocycles. The average molecular weight is 302 g/mol. The molecule has 9 heteroatoms. The van der Waals surface area contributed by atoms with Gasteiger partial charge in [-0.2, -0.15) is 0 Å². The lowest BCUT2D eigenvalue weighted by atomic mass is 10.2. The van der Waals surface area contributed by atoms with E-state index in [1.54, 1.807) is 0 Å². The summed E-state index contributed by atoms with van der Waals surface area (Å²) in [4.78, 5) is 35.5. The fourth-order valence-corrected chi connectivity index (χ4v) is 1.59. The van der Waals surface area contributed by atoms with Crippen molar-refractivity contribution in [3.63, 3.8) is 0 Å². The van der Waals surface area contributed by atoms with Gasteiger partial charge in [-0.3, -0.25) is 19.1 Å². The van der Waals surface area contributed by atoms with Crippen LogP contribution in [0.5, 0.6) is 0 Å². The van der Waals surface area contributed by atoms with Crippen LogP contribution in [0, 0.1) is 0 Å². The molecule has 1 rings (SSSR count). The summed E-state index contributed by atoms with van der Waals surface area (Å²) in [5, 5.41) is 9.31. The second kappa shape index (κ2) is 8.35. The lowest BCUT2D eigenvalue weighted by Crippen LogP contribution is -2.40. The molecule has 0 fully saturated rings. The number of hydrogen-bond acceptors (Lipinski definition) is 7. The van der Waals surface area contributed by atoms with E-state index in [4.69, 9.17) is 14.2 Å². The van der Waals surface area contributed by atoms with E-state index in [1.165, 1.54) is 20.2 Å². The van der Waals surface area contributed by atoms with E-state index in [0.717, 1.165) is 10.6 Å². The maximum Gasteiger partial charge on any atom is 0.330 e. The SMILES string of the molecule is COC[C@@H](OC(C)=O)[C@@H](CO)OCn1ccc(=O)[nH]c1=O. The van der Waals surface area contributed by atoms with Gasteiger partial charge in [-0.1, -0.05) is 0 Å². The monoisotopic (exact) mass is 302 g/mol. The van der Waals surface area contributed by atoms with Crippen molar-refractivity contribution in [2.24, 2.45) is 0 Å². The fraction of sp³-hybridized carbons (Fsp3) is 0.583. The summed E-state index contributed by atoms with van der Waals surface area (Å²) >= 11 is 0. The Labute approximate surface area is 120 Å². The topological polar surface area (TPSA) is 120 Å². The van der Waals surface area contributed by atoms with Gasteiger partial charge < -0.3 is 19.3 Å². The van der Waals surface area contributed by atoms with Gasteiger partial charge in [-0.05, 0) is 0 Å². The Kier molecular flexibility index (Phi) is 6.79. The first-order chi connectivity index (χ1) is 9.97. The molecule has 0 spiro atoms. The van der Waals surface area contributed by atoms with Gasteiger partial charge in [0.2, 0.25) is 0 Å². The van der Waals surface area contributed by atoms with Crippen molar-refractivity contribution < 1.29 is 24.1 Å². The molecule has 0 unspecified atom stereocenters. The Hall–Kier alpha value is -1.97. The first-order valence-electron chi connectivity index (χ1n) is 6.16. The number of esters is 1. The van der Waals surface area contributed by atoms with Crippen LogP contribution in [0.4, 0.5) is 0 Å². The molecule has 0 aliphatic heterocycles. The normalized spacial score (nSPS) is 13.7. The Morgan fingerprint density at radius 1 is 1.43 bits per heavy atom. The Morgan fingerprint density at radius 3 is 2.67 bits per heavy atom. The van der Waals surface area contributed by atoms with Crippen LogP contribution in [0.25, 0.3) is 0 Å². The number of aliphatic hydroxyl groups is 1. The number of ether oxygens (including phenoxy) is 3. The van der Waals surface area contributed by atoms with Gasteiger partial charge in [0.05, 0.1) is 13.2 Å². The summed E-state index contributed by atoms with van der Waals surface area (Å²) in [5.41, 5.74) is -1.16. The second-order valence-electron chi connectivity index (χ2n) is 4.20. The van der Waals surface area contributed by atoms with E-state index in [-0.39, 0.29) is 13.3 Å². The Morgan fingerprint density at radius 2 is 2.14 bits per heavy atom. The molecule has 0 aliphatic carbocycles. The lowest BCUT2D eigenvalue weighted by molar-refractivity contribution is -0.166. The van der Waals surface area contributed by atoms with Crippen LogP contribution < -0.4 is 11.2 Å². The Bertz CT molecular complexity index is 565. The van der Waals surface area contributed by atoms with Crippen molar-refractivity contribution in [1.82, 2.24) is 9.55 Å². The highest BCUT2D eigenvalue weighted by Crippen LogP contribution is 2.06. The van der Waals surface area contributed by atoms with E-state index in [2.05, 4.69) is 4.98 Å². The zero-order chi connectivity index (χ0) is 15.8. The zero-order valence-corrected chi connectivity index (χ0v) is 11.8. The summed E-state index contributed by atoms with van der Waals surface area (Å²) < 4.78 is 16.3. The average Bonchev–Trinajstić information content (AvgIpc) is 2.41. The van der Waals surface area contributed by atoms with Crippen LogP contribution >= 0.6 is 0 Å². The third-order valence-electron chi connectivity index (χ3n) is 2.57. The van der Waals surface area contributed by atoms with Crippen LogP contribution in [-0.2, 0) is 25.7 Å². The minimum Gasteiger partial charge on any atom is -0.457 e. The summed E-state index contributed by atoms with van der Waals surface area (Å²) in [6.07, 6.45) is -0.420. The highest BCUT2D eigenvalue weighted by molar-refractivity contribution is 5.66. The van der Waals surface area contributed by atoms with Crippen molar-refractivity contribution in [2.45, 2.75) is 25.9 Å². The van der Waals surface area contributed by atoms with Crippen molar-refractivity contribution in [3.8, 4) is 0 Å². The molecule has 2 atom stereocenters. The third-order valence-corrected chi connectivity index (χ3v) is 2.57. The molecule has 21 heavy (non-hydrogen) atoms. The first kappa shape index (κ1) is 17.1. The number of rotatable bonds is 8. The smallest absolute Gasteiger partial charge is 0.330 e. The molecule has 1 heterocycles. The van der Waals surface area contributed by atoms with Gasteiger partial charge in [0, 0.05) is 26.3 Å². The number of nitrogens with one attached hydrogen (secondary N) is 1. The number of nitrogens with zero attached hydrogens (tertiary/aromatic N) is 1. The molecule has 0 amide bonds. The summed E-state index contributed by atoms with van der Waals surface area (Å²) in [6.45, 7) is 0.608. The van der Waals surface area contributed by atoms with Crippen LogP contribution in [0.3, 0.4) is 0 Å². The van der Waals surface area contributed by atoms with Gasteiger partial charge in [0.15, 0.2) is 6.10 Å². The van der Waals surface area contributed by atoms with E-state index in [9.17, 15) is 19.5 Å². The van der Waals surface area contributed by atoms with Gasteiger partial charge in [0.1, 0.15) is 12.8 Å². The fourth-order valence-electron chi connectivity index (χ4n) is 1.59. The molecule has 1 aromatic rings. The molecule has 9 nitrogen and oxygen atoms in total.